The van der Waals surface area contributed by atoms with E-state index in [1.54, 1.807) is 6.08 Å². The van der Waals surface area contributed by atoms with Gasteiger partial charge in [0, 0.05) is 35.3 Å². The van der Waals surface area contributed by atoms with Crippen molar-refractivity contribution in [3.8, 4) is 0 Å². The van der Waals surface area contributed by atoms with Crippen molar-refractivity contribution in [2.75, 3.05) is 0 Å². The molecule has 2 heterocycles. The van der Waals surface area contributed by atoms with Crippen LogP contribution in [0.4, 0.5) is 0 Å². The molecule has 4 heteroatoms. The molecule has 3 aromatic rings. The zero-order chi connectivity index (χ0) is 15.8. The molecule has 0 radical (unpaired) electrons. The molecule has 0 atom stereocenters. The largest absolute Gasteiger partial charge is 0.402 e. The first kappa shape index (κ1) is 13.5. The van der Waals surface area contributed by atoms with Crippen molar-refractivity contribution in [3.63, 3.8) is 0 Å². The molecule has 0 bridgehead atoms. The standard InChI is InChI=1S/C19H14N2O2/c1-21-12-14(15-9-5-6-10-17(15)21)11-16-19(22)23-18(20-16)13-7-3-2-4-8-13/h2-12H,1H3/b16-11+. The van der Waals surface area contributed by atoms with Gasteiger partial charge in [-0.3, -0.25) is 0 Å². The summed E-state index contributed by atoms with van der Waals surface area (Å²) in [4.78, 5) is 16.4. The molecule has 0 N–H and O–H groups in total. The number of hydrogen-bond donors (Lipinski definition) is 0. The van der Waals surface area contributed by atoms with E-state index >= 15 is 0 Å². The van der Waals surface area contributed by atoms with Crippen LogP contribution in [0.3, 0.4) is 0 Å². The minimum Gasteiger partial charge on any atom is -0.402 e. The maximum Gasteiger partial charge on any atom is 0.363 e. The van der Waals surface area contributed by atoms with Crippen LogP contribution in [0.1, 0.15) is 11.1 Å². The van der Waals surface area contributed by atoms with E-state index in [1.807, 2.05) is 72.4 Å². The minimum absolute atomic E-state index is 0.320. The molecule has 0 fully saturated rings. The third-order valence-corrected chi connectivity index (χ3v) is 3.86. The lowest BCUT2D eigenvalue weighted by Crippen LogP contribution is -2.04. The van der Waals surface area contributed by atoms with Crippen LogP contribution in [-0.2, 0) is 16.6 Å². The average molecular weight is 302 g/mol. The Balaban J connectivity index is 1.79. The average Bonchev–Trinajstić information content (AvgIpc) is 3.10. The highest BCUT2D eigenvalue weighted by Crippen LogP contribution is 2.25. The number of ether oxygens (including phenoxy) is 1. The molecule has 112 valence electrons. The summed E-state index contributed by atoms with van der Waals surface area (Å²) in [5.41, 5.74) is 3.17. The molecule has 4 nitrogen and oxygen atoms in total. The molecule has 0 saturated carbocycles. The van der Waals surface area contributed by atoms with Crippen molar-refractivity contribution in [3.05, 3.63) is 77.6 Å². The molecule has 0 amide bonds. The van der Waals surface area contributed by atoms with Gasteiger partial charge in [-0.05, 0) is 24.3 Å². The summed E-state index contributed by atoms with van der Waals surface area (Å²) in [6.07, 6.45) is 3.77. The van der Waals surface area contributed by atoms with Crippen molar-refractivity contribution < 1.29 is 9.53 Å². The second-order valence-electron chi connectivity index (χ2n) is 5.41. The zero-order valence-corrected chi connectivity index (χ0v) is 12.6. The third kappa shape index (κ3) is 2.34. The summed E-state index contributed by atoms with van der Waals surface area (Å²) in [6, 6.07) is 17.5. The summed E-state index contributed by atoms with van der Waals surface area (Å²) in [7, 11) is 1.98. The number of aromatic nitrogens is 1. The summed E-state index contributed by atoms with van der Waals surface area (Å²) in [5.74, 6) is -0.0705. The number of carbonyl (C=O) groups is 1. The van der Waals surface area contributed by atoms with Gasteiger partial charge in [0.15, 0.2) is 5.70 Å². The lowest BCUT2D eigenvalue weighted by atomic mass is 10.1. The molecular weight excluding hydrogens is 288 g/mol. The fourth-order valence-corrected chi connectivity index (χ4v) is 2.75. The number of nitrogens with zero attached hydrogens (tertiary/aromatic N) is 2. The Morgan fingerprint density at radius 2 is 1.78 bits per heavy atom. The highest BCUT2D eigenvalue weighted by atomic mass is 16.6. The van der Waals surface area contributed by atoms with Crippen LogP contribution in [0, 0.1) is 0 Å². The molecule has 2 aromatic carbocycles. The number of para-hydroxylation sites is 1. The fraction of sp³-hybridized carbons (Fsp3) is 0.0526. The van der Waals surface area contributed by atoms with Crippen LogP contribution in [0.15, 0.2) is 71.5 Å². The first-order valence-electron chi connectivity index (χ1n) is 7.34. The number of carbonyl (C=O) groups excluding carboxylic acids is 1. The fourth-order valence-electron chi connectivity index (χ4n) is 2.75. The number of aryl methyl sites for hydroxylation is 1. The highest BCUT2D eigenvalue weighted by molar-refractivity contribution is 6.13. The van der Waals surface area contributed by atoms with Gasteiger partial charge in [0.05, 0.1) is 0 Å². The lowest BCUT2D eigenvalue weighted by Gasteiger charge is -1.97. The van der Waals surface area contributed by atoms with E-state index < -0.39 is 5.97 Å². The van der Waals surface area contributed by atoms with Crippen LogP contribution in [0.2, 0.25) is 0 Å². The van der Waals surface area contributed by atoms with E-state index in [0.717, 1.165) is 22.0 Å². The molecule has 0 saturated heterocycles. The monoisotopic (exact) mass is 302 g/mol. The van der Waals surface area contributed by atoms with Gasteiger partial charge < -0.3 is 9.30 Å². The van der Waals surface area contributed by atoms with E-state index in [2.05, 4.69) is 4.99 Å². The molecular formula is C19H14N2O2. The first-order valence-corrected chi connectivity index (χ1v) is 7.34. The highest BCUT2D eigenvalue weighted by Gasteiger charge is 2.24. The minimum atomic E-state index is -0.420. The maximum absolute atomic E-state index is 12.1. The molecule has 0 unspecified atom stereocenters. The first-order chi connectivity index (χ1) is 11.2. The van der Waals surface area contributed by atoms with Crippen LogP contribution in [0.25, 0.3) is 17.0 Å². The van der Waals surface area contributed by atoms with E-state index in [1.165, 1.54) is 0 Å². The Kier molecular flexibility index (Phi) is 3.08. The smallest absolute Gasteiger partial charge is 0.363 e. The van der Waals surface area contributed by atoms with Crippen molar-refractivity contribution in [1.29, 1.82) is 0 Å². The Bertz CT molecular complexity index is 965. The number of esters is 1. The SMILES string of the molecule is Cn1cc(/C=C2/N=C(c3ccccc3)OC2=O)c2ccccc21. The second-order valence-corrected chi connectivity index (χ2v) is 5.41. The Morgan fingerprint density at radius 3 is 2.61 bits per heavy atom. The second kappa shape index (κ2) is 5.25. The number of rotatable bonds is 2. The molecule has 0 spiro atoms. The summed E-state index contributed by atoms with van der Waals surface area (Å²) >= 11 is 0. The number of cyclic esters (lactones) is 1. The topological polar surface area (TPSA) is 43.6 Å². The molecule has 1 aliphatic rings. The van der Waals surface area contributed by atoms with E-state index in [0.29, 0.717) is 11.6 Å². The molecule has 4 rings (SSSR count). The van der Waals surface area contributed by atoms with Gasteiger partial charge in [-0.2, -0.15) is 0 Å². The van der Waals surface area contributed by atoms with Crippen molar-refractivity contribution in [2.45, 2.75) is 0 Å². The Labute approximate surface area is 133 Å². The van der Waals surface area contributed by atoms with Gasteiger partial charge in [0.1, 0.15) is 0 Å². The van der Waals surface area contributed by atoms with Crippen molar-refractivity contribution in [2.24, 2.45) is 12.0 Å². The quantitative estimate of drug-likeness (QED) is 0.537. The number of hydrogen-bond acceptors (Lipinski definition) is 3. The van der Waals surface area contributed by atoms with Gasteiger partial charge in [-0.15, -0.1) is 0 Å². The van der Waals surface area contributed by atoms with Gasteiger partial charge in [0.25, 0.3) is 0 Å². The van der Waals surface area contributed by atoms with Crippen molar-refractivity contribution in [1.82, 2.24) is 4.57 Å². The Morgan fingerprint density at radius 1 is 1.04 bits per heavy atom. The van der Waals surface area contributed by atoms with Crippen LogP contribution < -0.4 is 0 Å². The summed E-state index contributed by atoms with van der Waals surface area (Å²) < 4.78 is 7.32. The van der Waals surface area contributed by atoms with E-state index in [-0.39, 0.29) is 0 Å². The maximum atomic E-state index is 12.1. The van der Waals surface area contributed by atoms with Gasteiger partial charge in [-0.1, -0.05) is 36.4 Å². The van der Waals surface area contributed by atoms with Gasteiger partial charge >= 0.3 is 5.97 Å². The van der Waals surface area contributed by atoms with Gasteiger partial charge in [-0.25, -0.2) is 9.79 Å². The molecule has 0 aliphatic carbocycles. The van der Waals surface area contributed by atoms with Crippen LogP contribution in [-0.4, -0.2) is 16.4 Å². The van der Waals surface area contributed by atoms with E-state index in [9.17, 15) is 4.79 Å². The van der Waals surface area contributed by atoms with Crippen LogP contribution in [0.5, 0.6) is 0 Å². The zero-order valence-electron chi connectivity index (χ0n) is 12.6. The number of benzene rings is 2. The number of fused-ring (bicyclic) bond motifs is 1. The van der Waals surface area contributed by atoms with Crippen molar-refractivity contribution >= 4 is 28.8 Å². The summed E-state index contributed by atoms with van der Waals surface area (Å²) in [5, 5.41) is 1.08. The van der Waals surface area contributed by atoms with Crippen LogP contribution >= 0.6 is 0 Å². The lowest BCUT2D eigenvalue weighted by molar-refractivity contribution is -0.129. The predicted molar refractivity (Wildman–Crippen MR) is 90.0 cm³/mol. The Hall–Kier alpha value is -3.14. The molecule has 1 aromatic heterocycles. The normalized spacial score (nSPS) is 16.0. The molecule has 23 heavy (non-hydrogen) atoms. The van der Waals surface area contributed by atoms with E-state index in [4.69, 9.17) is 4.74 Å². The molecule has 1 aliphatic heterocycles. The van der Waals surface area contributed by atoms with Gasteiger partial charge in [0.2, 0.25) is 5.90 Å². The predicted octanol–water partition coefficient (Wildman–Crippen LogP) is 3.52. The third-order valence-electron chi connectivity index (χ3n) is 3.86. The summed E-state index contributed by atoms with van der Waals surface area (Å²) in [6.45, 7) is 0. The number of aliphatic imine (C=N–C) groups is 1.